The van der Waals surface area contributed by atoms with Crippen LogP contribution >= 0.6 is 0 Å². The Morgan fingerprint density at radius 1 is 1.42 bits per heavy atom. The molecule has 6 nitrogen and oxygen atoms in total. The summed E-state index contributed by atoms with van der Waals surface area (Å²) in [5.74, 6) is 0.854. The maximum atomic E-state index is 5.92. The van der Waals surface area contributed by atoms with Gasteiger partial charge in [-0.2, -0.15) is 0 Å². The van der Waals surface area contributed by atoms with E-state index < -0.39 is 0 Å². The first-order chi connectivity index (χ1) is 11.7. The van der Waals surface area contributed by atoms with E-state index >= 15 is 0 Å². The lowest BCUT2D eigenvalue weighted by Gasteiger charge is -2.22. The summed E-state index contributed by atoms with van der Waals surface area (Å²) in [6.45, 7) is 5.58. The largest absolute Gasteiger partial charge is 0.373 e. The molecular formula is C18H25N5O. The van der Waals surface area contributed by atoms with Crippen LogP contribution in [0.25, 0.3) is 5.65 Å². The molecule has 24 heavy (non-hydrogen) atoms. The predicted octanol–water partition coefficient (Wildman–Crippen LogP) is 2.02. The third-order valence-electron chi connectivity index (χ3n) is 4.92. The van der Waals surface area contributed by atoms with Gasteiger partial charge in [-0.15, -0.1) is 0 Å². The first-order valence-corrected chi connectivity index (χ1v) is 8.87. The Hall–Kier alpha value is -2.08. The number of nitrogens with one attached hydrogen (secondary N) is 2. The molecular weight excluding hydrogens is 302 g/mol. The van der Waals surface area contributed by atoms with Crippen molar-refractivity contribution < 1.29 is 4.74 Å². The number of nitrogens with zero attached hydrogens (tertiary/aromatic N) is 3. The summed E-state index contributed by atoms with van der Waals surface area (Å²) >= 11 is 0. The van der Waals surface area contributed by atoms with Gasteiger partial charge in [0.1, 0.15) is 5.65 Å². The maximum Gasteiger partial charge on any atom is 0.191 e. The van der Waals surface area contributed by atoms with E-state index in [0.29, 0.717) is 24.8 Å². The second kappa shape index (κ2) is 6.43. The number of hydrogen-bond acceptors (Lipinski definition) is 3. The van der Waals surface area contributed by atoms with Gasteiger partial charge in [0, 0.05) is 18.4 Å². The highest BCUT2D eigenvalue weighted by Crippen LogP contribution is 2.34. The molecule has 2 aliphatic rings. The van der Waals surface area contributed by atoms with E-state index in [1.165, 1.54) is 12.1 Å². The Bertz CT molecular complexity index is 753. The highest BCUT2D eigenvalue weighted by Gasteiger charge is 2.41. The first-order valence-electron chi connectivity index (χ1n) is 8.87. The fraction of sp³-hybridized carbons (Fsp3) is 0.556. The lowest BCUT2D eigenvalue weighted by molar-refractivity contribution is 0.0992. The Kier molecular flexibility index (Phi) is 4.14. The van der Waals surface area contributed by atoms with Crippen molar-refractivity contribution >= 4 is 11.6 Å². The highest BCUT2D eigenvalue weighted by molar-refractivity contribution is 5.80. The first kappa shape index (κ1) is 15.4. The van der Waals surface area contributed by atoms with Crippen molar-refractivity contribution in [2.24, 2.45) is 4.99 Å². The molecule has 2 aliphatic heterocycles. The van der Waals surface area contributed by atoms with Crippen molar-refractivity contribution in [1.82, 2.24) is 20.0 Å². The van der Waals surface area contributed by atoms with Crippen LogP contribution in [-0.4, -0.2) is 40.1 Å². The zero-order valence-corrected chi connectivity index (χ0v) is 14.3. The number of hydrogen-bond donors (Lipinski definition) is 2. The van der Waals surface area contributed by atoms with Gasteiger partial charge in [0.15, 0.2) is 5.96 Å². The molecule has 0 spiro atoms. The lowest BCUT2D eigenvalue weighted by Crippen LogP contribution is -2.47. The van der Waals surface area contributed by atoms with Crippen molar-refractivity contribution in [3.05, 3.63) is 35.8 Å². The molecule has 4 heterocycles. The van der Waals surface area contributed by atoms with E-state index in [0.717, 1.165) is 36.7 Å². The van der Waals surface area contributed by atoms with Crippen molar-refractivity contribution in [2.45, 2.75) is 57.9 Å². The van der Waals surface area contributed by atoms with Crippen LogP contribution in [0.15, 0.2) is 29.4 Å². The molecule has 4 rings (SSSR count). The SMILES string of the molecule is CCNC(=NCc1cn2c(C)cccc2n1)NC1CC2CCC1O2. The standard InChI is InChI=1S/C18H25N5O/c1-3-19-18(22-15-9-14-7-8-16(15)24-14)20-10-13-11-23-12(2)5-4-6-17(23)21-13/h4-6,11,14-16H,3,7-10H2,1-2H3,(H2,19,20,22). The van der Waals surface area contributed by atoms with E-state index in [4.69, 9.17) is 9.73 Å². The molecule has 2 aromatic heterocycles. The molecule has 3 unspecified atom stereocenters. The molecule has 2 saturated heterocycles. The molecule has 0 aliphatic carbocycles. The Labute approximate surface area is 142 Å². The Morgan fingerprint density at radius 2 is 2.33 bits per heavy atom. The van der Waals surface area contributed by atoms with Gasteiger partial charge < -0.3 is 19.8 Å². The molecule has 6 heteroatoms. The van der Waals surface area contributed by atoms with Crippen LogP contribution in [0.1, 0.15) is 37.6 Å². The zero-order valence-electron chi connectivity index (χ0n) is 14.3. The summed E-state index contributed by atoms with van der Waals surface area (Å²) in [7, 11) is 0. The Morgan fingerprint density at radius 3 is 3.04 bits per heavy atom. The molecule has 128 valence electrons. The van der Waals surface area contributed by atoms with Gasteiger partial charge in [-0.3, -0.25) is 0 Å². The van der Waals surface area contributed by atoms with Crippen LogP contribution in [-0.2, 0) is 11.3 Å². The van der Waals surface area contributed by atoms with Crippen LogP contribution in [0.5, 0.6) is 0 Å². The summed E-state index contributed by atoms with van der Waals surface area (Å²) in [5.41, 5.74) is 3.13. The number of aromatic nitrogens is 2. The van der Waals surface area contributed by atoms with Crippen LogP contribution < -0.4 is 10.6 Å². The van der Waals surface area contributed by atoms with Crippen molar-refractivity contribution in [3.63, 3.8) is 0 Å². The second-order valence-electron chi connectivity index (χ2n) is 6.68. The fourth-order valence-electron chi connectivity index (χ4n) is 3.72. The molecule has 0 amide bonds. The van der Waals surface area contributed by atoms with Gasteiger partial charge in [-0.1, -0.05) is 6.07 Å². The fourth-order valence-corrected chi connectivity index (χ4v) is 3.72. The lowest BCUT2D eigenvalue weighted by atomic mass is 9.96. The van der Waals surface area contributed by atoms with Crippen LogP contribution in [0.2, 0.25) is 0 Å². The molecule has 2 fully saturated rings. The van der Waals surface area contributed by atoms with Gasteiger partial charge in [-0.05, 0) is 45.2 Å². The second-order valence-corrected chi connectivity index (χ2v) is 6.68. The number of fused-ring (bicyclic) bond motifs is 3. The Balaban J connectivity index is 1.47. The van der Waals surface area contributed by atoms with E-state index in [1.54, 1.807) is 0 Å². The number of imidazole rings is 1. The molecule has 2 bridgehead atoms. The van der Waals surface area contributed by atoms with Gasteiger partial charge in [0.2, 0.25) is 0 Å². The minimum atomic E-state index is 0.344. The monoisotopic (exact) mass is 327 g/mol. The quantitative estimate of drug-likeness (QED) is 0.666. The van der Waals surface area contributed by atoms with E-state index in [1.807, 2.05) is 12.1 Å². The van der Waals surface area contributed by atoms with E-state index in [9.17, 15) is 0 Å². The maximum absolute atomic E-state index is 5.92. The topological polar surface area (TPSA) is 63.0 Å². The van der Waals surface area contributed by atoms with Crippen molar-refractivity contribution in [2.75, 3.05) is 6.54 Å². The minimum Gasteiger partial charge on any atom is -0.373 e. The number of pyridine rings is 1. The van der Waals surface area contributed by atoms with Crippen LogP contribution in [0, 0.1) is 6.92 Å². The average molecular weight is 327 g/mol. The van der Waals surface area contributed by atoms with Crippen molar-refractivity contribution in [3.8, 4) is 0 Å². The van der Waals surface area contributed by atoms with E-state index in [2.05, 4.69) is 46.1 Å². The van der Waals surface area contributed by atoms with Crippen molar-refractivity contribution in [1.29, 1.82) is 0 Å². The van der Waals surface area contributed by atoms with E-state index in [-0.39, 0.29) is 0 Å². The molecule has 0 aromatic carbocycles. The normalized spacial score (nSPS) is 26.2. The average Bonchev–Trinajstić information content (AvgIpc) is 3.28. The number of ether oxygens (including phenoxy) is 1. The third-order valence-corrected chi connectivity index (χ3v) is 4.92. The summed E-state index contributed by atoms with van der Waals surface area (Å²) in [5, 5.41) is 6.88. The number of aliphatic imine (C=N–C) groups is 1. The molecule has 0 radical (unpaired) electrons. The van der Waals surface area contributed by atoms with Gasteiger partial charge in [0.25, 0.3) is 0 Å². The molecule has 0 saturated carbocycles. The van der Waals surface area contributed by atoms with Crippen LogP contribution in [0.3, 0.4) is 0 Å². The van der Waals surface area contributed by atoms with Gasteiger partial charge >= 0.3 is 0 Å². The van der Waals surface area contributed by atoms with Gasteiger partial charge in [-0.25, -0.2) is 9.98 Å². The summed E-state index contributed by atoms with van der Waals surface area (Å²) in [6.07, 6.45) is 6.31. The minimum absolute atomic E-state index is 0.344. The number of aryl methyl sites for hydroxylation is 1. The summed E-state index contributed by atoms with van der Waals surface area (Å²) in [4.78, 5) is 9.37. The summed E-state index contributed by atoms with van der Waals surface area (Å²) < 4.78 is 8.02. The molecule has 3 atom stereocenters. The number of rotatable bonds is 4. The summed E-state index contributed by atoms with van der Waals surface area (Å²) in [6, 6.07) is 6.52. The molecule has 2 aromatic rings. The smallest absolute Gasteiger partial charge is 0.191 e. The zero-order chi connectivity index (χ0) is 16.5. The highest BCUT2D eigenvalue weighted by atomic mass is 16.5. The number of guanidine groups is 1. The molecule has 2 N–H and O–H groups in total. The predicted molar refractivity (Wildman–Crippen MR) is 94.2 cm³/mol. The third kappa shape index (κ3) is 2.98. The van der Waals surface area contributed by atoms with Gasteiger partial charge in [0.05, 0.1) is 30.5 Å². The van der Waals surface area contributed by atoms with Crippen LogP contribution in [0.4, 0.5) is 0 Å².